The van der Waals surface area contributed by atoms with Gasteiger partial charge in [-0.25, -0.2) is 0 Å². The fourth-order valence-electron chi connectivity index (χ4n) is 6.68. The summed E-state index contributed by atoms with van der Waals surface area (Å²) in [5.41, 5.74) is 6.55. The van der Waals surface area contributed by atoms with Crippen molar-refractivity contribution < 1.29 is 19.1 Å². The molecule has 10 heteroatoms. The van der Waals surface area contributed by atoms with Crippen molar-refractivity contribution in [2.24, 2.45) is 0 Å². The van der Waals surface area contributed by atoms with Gasteiger partial charge in [0.15, 0.2) is 0 Å². The van der Waals surface area contributed by atoms with Crippen LogP contribution >= 0.6 is 32.9 Å². The number of ether oxygens (including phenoxy) is 2. The molecule has 2 aliphatic heterocycles. The predicted molar refractivity (Wildman–Crippen MR) is 188 cm³/mol. The smallest absolute Gasteiger partial charge is 0.305 e. The Morgan fingerprint density at radius 2 is 1.76 bits per heavy atom. The molecule has 0 spiro atoms. The Kier molecular flexibility index (Phi) is 8.93. The second-order valence-electron chi connectivity index (χ2n) is 11.7. The van der Waals surface area contributed by atoms with Crippen LogP contribution in [0.2, 0.25) is 0 Å². The fraction of sp³-hybridized carbons (Fsp3) is 0.306. The number of fused-ring (bicyclic) bond motifs is 6. The van der Waals surface area contributed by atoms with Gasteiger partial charge in [-0.2, -0.15) is 0 Å². The number of aryl methyl sites for hydroxylation is 1. The maximum absolute atomic E-state index is 13.6. The molecule has 2 aromatic heterocycles. The number of anilines is 1. The minimum Gasteiger partial charge on any atom is -0.493 e. The van der Waals surface area contributed by atoms with Crippen LogP contribution in [-0.2, 0) is 22.5 Å². The molecule has 1 unspecified atom stereocenters. The van der Waals surface area contributed by atoms with Gasteiger partial charge in [0.1, 0.15) is 15.7 Å². The molecule has 0 radical (unpaired) electrons. The normalized spacial score (nSPS) is 15.4. The first-order valence-electron chi connectivity index (χ1n) is 15.7. The zero-order valence-corrected chi connectivity index (χ0v) is 28.1. The van der Waals surface area contributed by atoms with Gasteiger partial charge >= 0.3 is 5.97 Å². The van der Waals surface area contributed by atoms with Gasteiger partial charge in [0.05, 0.1) is 30.2 Å². The molecule has 1 atom stereocenters. The van der Waals surface area contributed by atoms with Crippen molar-refractivity contribution in [3.63, 3.8) is 0 Å². The fourth-order valence-corrected chi connectivity index (χ4v) is 9.09. The highest BCUT2D eigenvalue weighted by Gasteiger charge is 2.42. The van der Waals surface area contributed by atoms with Gasteiger partial charge in [-0.15, -0.1) is 0 Å². The quantitative estimate of drug-likeness (QED) is 0.0609. The monoisotopic (exact) mass is 669 g/mol. The summed E-state index contributed by atoms with van der Waals surface area (Å²) in [4.78, 5) is 31.5. The van der Waals surface area contributed by atoms with E-state index >= 15 is 0 Å². The second-order valence-corrected chi connectivity index (χ2v) is 14.6. The summed E-state index contributed by atoms with van der Waals surface area (Å²) in [5, 5.41) is 1.25. The summed E-state index contributed by atoms with van der Waals surface area (Å²) in [6.45, 7) is 2.28. The van der Waals surface area contributed by atoms with Gasteiger partial charge < -0.3 is 23.8 Å². The molecule has 3 aromatic carbocycles. The number of benzene rings is 3. The SMILES string of the molecule is CN1c2ccccc2C(=O)N2CCc3c(n(CCCCC(=O)OCCCOc4ccc(-c5cc(=S)ss5)cc4)c4ccccc34)C21. The largest absolute Gasteiger partial charge is 0.493 e. The number of amides is 1. The van der Waals surface area contributed by atoms with Gasteiger partial charge in [0, 0.05) is 48.8 Å². The van der Waals surface area contributed by atoms with E-state index in [1.807, 2.05) is 59.5 Å². The lowest BCUT2D eigenvalue weighted by atomic mass is 9.96. The van der Waals surface area contributed by atoms with Crippen molar-refractivity contribution in [2.45, 2.75) is 44.8 Å². The average Bonchev–Trinajstić information content (AvgIpc) is 3.66. The van der Waals surface area contributed by atoms with Crippen LogP contribution in [0.15, 0.2) is 78.9 Å². The molecule has 0 aliphatic carbocycles. The number of esters is 1. The second kappa shape index (κ2) is 13.4. The third-order valence-corrected chi connectivity index (χ3v) is 11.7. The van der Waals surface area contributed by atoms with E-state index in [1.54, 1.807) is 20.7 Å². The third kappa shape index (κ3) is 5.97. The van der Waals surface area contributed by atoms with Crippen molar-refractivity contribution in [1.82, 2.24) is 9.47 Å². The molecule has 7 rings (SSSR count). The number of hydrogen-bond acceptors (Lipinski definition) is 8. The zero-order chi connectivity index (χ0) is 31.6. The number of hydrogen-bond donors (Lipinski definition) is 0. The number of unbranched alkanes of at least 4 members (excludes halogenated alkanes) is 1. The van der Waals surface area contributed by atoms with Crippen LogP contribution in [0, 0.1) is 3.82 Å². The van der Waals surface area contributed by atoms with Gasteiger partial charge in [-0.05, 0) is 78.9 Å². The minimum absolute atomic E-state index is 0.0911. The first-order valence-corrected chi connectivity index (χ1v) is 18.3. The molecule has 2 aliphatic rings. The van der Waals surface area contributed by atoms with Crippen LogP contribution < -0.4 is 9.64 Å². The third-order valence-electron chi connectivity index (χ3n) is 8.84. The van der Waals surface area contributed by atoms with Crippen LogP contribution in [0.4, 0.5) is 5.69 Å². The van der Waals surface area contributed by atoms with E-state index < -0.39 is 0 Å². The molecule has 7 nitrogen and oxygen atoms in total. The van der Waals surface area contributed by atoms with Gasteiger partial charge in [0.25, 0.3) is 5.91 Å². The number of rotatable bonds is 11. The van der Waals surface area contributed by atoms with Crippen molar-refractivity contribution in [2.75, 3.05) is 31.7 Å². The molecular weight excluding hydrogens is 635 g/mol. The van der Waals surface area contributed by atoms with Gasteiger partial charge in [0.2, 0.25) is 0 Å². The maximum atomic E-state index is 13.6. The highest BCUT2D eigenvalue weighted by molar-refractivity contribution is 7.80. The van der Waals surface area contributed by atoms with E-state index in [9.17, 15) is 9.59 Å². The summed E-state index contributed by atoms with van der Waals surface area (Å²) in [6, 6.07) is 26.4. The van der Waals surface area contributed by atoms with Crippen LogP contribution in [0.25, 0.3) is 21.3 Å². The van der Waals surface area contributed by atoms with Crippen molar-refractivity contribution in [3.8, 4) is 16.2 Å². The molecular formula is C36H35N3O4S3. The number of aromatic nitrogens is 1. The van der Waals surface area contributed by atoms with E-state index in [2.05, 4.69) is 40.8 Å². The first-order chi connectivity index (χ1) is 22.5. The number of para-hydroxylation sites is 2. The highest BCUT2D eigenvalue weighted by Crippen LogP contribution is 2.44. The molecule has 0 bridgehead atoms. The topological polar surface area (TPSA) is 64.0 Å². The molecule has 0 fully saturated rings. The minimum atomic E-state index is -0.178. The number of carbonyl (C=O) groups excluding carboxylic acids is 2. The molecule has 236 valence electrons. The van der Waals surface area contributed by atoms with Gasteiger partial charge in [-0.3, -0.25) is 9.59 Å². The molecule has 0 saturated carbocycles. The molecule has 1 amide bonds. The number of carbonyl (C=O) groups is 2. The lowest BCUT2D eigenvalue weighted by molar-refractivity contribution is -0.144. The first kappa shape index (κ1) is 30.7. The van der Waals surface area contributed by atoms with E-state index in [0.29, 0.717) is 32.6 Å². The Labute approximate surface area is 281 Å². The maximum Gasteiger partial charge on any atom is 0.305 e. The number of nitrogens with zero attached hydrogens (tertiary/aromatic N) is 3. The molecule has 5 aromatic rings. The van der Waals surface area contributed by atoms with E-state index in [4.69, 9.17) is 21.7 Å². The highest BCUT2D eigenvalue weighted by atomic mass is 32.9. The summed E-state index contributed by atoms with van der Waals surface area (Å²) in [7, 11) is 5.37. The van der Waals surface area contributed by atoms with Crippen LogP contribution in [-0.4, -0.2) is 48.1 Å². The molecule has 4 heterocycles. The Morgan fingerprint density at radius 1 is 0.957 bits per heavy atom. The summed E-state index contributed by atoms with van der Waals surface area (Å²) in [6.07, 6.45) is 3.24. The average molecular weight is 670 g/mol. The van der Waals surface area contributed by atoms with Gasteiger partial charge in [-0.1, -0.05) is 63.2 Å². The van der Waals surface area contributed by atoms with E-state index in [1.165, 1.54) is 27.0 Å². The summed E-state index contributed by atoms with van der Waals surface area (Å²) < 4.78 is 14.6. The molecule has 0 saturated heterocycles. The van der Waals surface area contributed by atoms with Crippen molar-refractivity contribution in [3.05, 3.63) is 99.5 Å². The lowest BCUT2D eigenvalue weighted by Crippen LogP contribution is -2.51. The van der Waals surface area contributed by atoms with Crippen LogP contribution in [0.1, 0.15) is 53.5 Å². The lowest BCUT2D eigenvalue weighted by Gasteiger charge is -2.46. The van der Waals surface area contributed by atoms with Crippen molar-refractivity contribution in [1.29, 1.82) is 0 Å². The Morgan fingerprint density at radius 3 is 2.59 bits per heavy atom. The molecule has 46 heavy (non-hydrogen) atoms. The zero-order valence-electron chi connectivity index (χ0n) is 25.6. The Bertz CT molecular complexity index is 1940. The molecule has 0 N–H and O–H groups in total. The van der Waals surface area contributed by atoms with E-state index in [0.717, 1.165) is 52.2 Å². The van der Waals surface area contributed by atoms with Crippen LogP contribution in [0.5, 0.6) is 5.75 Å². The Hall–Kier alpha value is -3.99. The predicted octanol–water partition coefficient (Wildman–Crippen LogP) is 8.49. The standard InChI is InChI=1S/C36H35N3O4S3/c1-37-29-11-4-3-10-28(29)36(41)39-20-18-27-26-9-2-5-12-30(26)38(34(27)35(37)39)19-7-6-13-32(40)43-22-8-21-42-25-16-14-24(15-17-25)31-23-33(44)46-45-31/h2-5,9-12,14-17,23,35H,6-8,13,18-22H2,1H3. The summed E-state index contributed by atoms with van der Waals surface area (Å²) >= 11 is 5.23. The van der Waals surface area contributed by atoms with Crippen molar-refractivity contribution >= 4 is 61.4 Å². The Balaban J connectivity index is 0.921. The summed E-state index contributed by atoms with van der Waals surface area (Å²) in [5.74, 6) is 0.709. The van der Waals surface area contributed by atoms with E-state index in [-0.39, 0.29) is 18.0 Å². The van der Waals surface area contributed by atoms with Crippen LogP contribution in [0.3, 0.4) is 0 Å².